The Morgan fingerprint density at radius 1 is 1.42 bits per heavy atom. The highest BCUT2D eigenvalue weighted by atomic mass is 16.5. The van der Waals surface area contributed by atoms with E-state index in [9.17, 15) is 4.79 Å². The first-order valence-corrected chi connectivity index (χ1v) is 8.00. The zero-order chi connectivity index (χ0) is 17.3. The summed E-state index contributed by atoms with van der Waals surface area (Å²) in [6.45, 7) is 6.00. The highest BCUT2D eigenvalue weighted by molar-refractivity contribution is 5.92. The van der Waals surface area contributed by atoms with Gasteiger partial charge in [-0.05, 0) is 26.0 Å². The van der Waals surface area contributed by atoms with Crippen molar-refractivity contribution in [2.24, 2.45) is 0 Å². The SMILES string of the molecule is Cc1noc([C@H]2CN(Cc3ccc(C(=O)N(C)C)[nH]3)C[C@@H](C)O2)n1. The Morgan fingerprint density at radius 2 is 2.21 bits per heavy atom. The van der Waals surface area contributed by atoms with Gasteiger partial charge in [-0.25, -0.2) is 0 Å². The number of hydrogen-bond acceptors (Lipinski definition) is 6. The number of nitrogens with zero attached hydrogens (tertiary/aromatic N) is 4. The molecule has 0 unspecified atom stereocenters. The van der Waals surface area contributed by atoms with Gasteiger partial charge in [-0.15, -0.1) is 0 Å². The molecule has 2 aromatic heterocycles. The van der Waals surface area contributed by atoms with Crippen molar-refractivity contribution >= 4 is 5.91 Å². The highest BCUT2D eigenvalue weighted by Crippen LogP contribution is 2.25. The normalized spacial score (nSPS) is 21.8. The molecule has 0 radical (unpaired) electrons. The van der Waals surface area contributed by atoms with Crippen molar-refractivity contribution in [2.75, 3.05) is 27.2 Å². The fourth-order valence-corrected chi connectivity index (χ4v) is 2.89. The van der Waals surface area contributed by atoms with E-state index < -0.39 is 0 Å². The fraction of sp³-hybridized carbons (Fsp3) is 0.562. The van der Waals surface area contributed by atoms with Crippen molar-refractivity contribution < 1.29 is 14.1 Å². The maximum Gasteiger partial charge on any atom is 0.269 e. The number of amides is 1. The average molecular weight is 333 g/mol. The number of aryl methyl sites for hydroxylation is 1. The number of rotatable bonds is 4. The Labute approximate surface area is 140 Å². The predicted octanol–water partition coefficient (Wildman–Crippen LogP) is 1.37. The van der Waals surface area contributed by atoms with Gasteiger partial charge in [-0.1, -0.05) is 5.16 Å². The number of morpholine rings is 1. The summed E-state index contributed by atoms with van der Waals surface area (Å²) >= 11 is 0. The lowest BCUT2D eigenvalue weighted by molar-refractivity contribution is -0.0932. The van der Waals surface area contributed by atoms with Crippen molar-refractivity contribution in [3.63, 3.8) is 0 Å². The Bertz CT molecular complexity index is 708. The Balaban J connectivity index is 1.67. The molecule has 130 valence electrons. The standard InChI is InChI=1S/C16H23N5O3/c1-10-7-21(9-14(23-10)15-17-11(2)19-24-15)8-12-5-6-13(18-12)16(22)20(3)4/h5-6,10,14,18H,7-9H2,1-4H3/t10-,14-/m1/s1. The summed E-state index contributed by atoms with van der Waals surface area (Å²) in [5, 5.41) is 3.83. The Hall–Kier alpha value is -2.19. The van der Waals surface area contributed by atoms with Crippen molar-refractivity contribution in [2.45, 2.75) is 32.6 Å². The molecule has 0 aliphatic carbocycles. The van der Waals surface area contributed by atoms with E-state index in [4.69, 9.17) is 9.26 Å². The van der Waals surface area contributed by atoms with E-state index in [1.807, 2.05) is 19.1 Å². The zero-order valence-electron chi connectivity index (χ0n) is 14.4. The Morgan fingerprint density at radius 3 is 2.88 bits per heavy atom. The van der Waals surface area contributed by atoms with E-state index >= 15 is 0 Å². The van der Waals surface area contributed by atoms with Crippen molar-refractivity contribution in [1.82, 2.24) is 24.9 Å². The molecule has 1 N–H and O–H groups in total. The lowest BCUT2D eigenvalue weighted by Gasteiger charge is -2.34. The van der Waals surface area contributed by atoms with Crippen LogP contribution in [0.5, 0.6) is 0 Å². The fourth-order valence-electron chi connectivity index (χ4n) is 2.89. The molecule has 2 aromatic rings. The van der Waals surface area contributed by atoms with Crippen LogP contribution >= 0.6 is 0 Å². The quantitative estimate of drug-likeness (QED) is 0.909. The third-order valence-corrected chi connectivity index (χ3v) is 3.93. The molecule has 0 saturated carbocycles. The van der Waals surface area contributed by atoms with E-state index in [1.54, 1.807) is 25.9 Å². The summed E-state index contributed by atoms with van der Waals surface area (Å²) in [5.74, 6) is 1.09. The van der Waals surface area contributed by atoms with Crippen LogP contribution in [0.4, 0.5) is 0 Å². The number of nitrogens with one attached hydrogen (secondary N) is 1. The maximum atomic E-state index is 12.0. The van der Waals surface area contributed by atoms with E-state index in [0.29, 0.717) is 30.5 Å². The third kappa shape index (κ3) is 3.65. The first-order chi connectivity index (χ1) is 11.4. The molecule has 8 heteroatoms. The number of ether oxygens (including phenoxy) is 1. The second kappa shape index (κ2) is 6.74. The number of aromatic amines is 1. The average Bonchev–Trinajstić information content (AvgIpc) is 3.15. The summed E-state index contributed by atoms with van der Waals surface area (Å²) in [4.78, 5) is 23.2. The van der Waals surface area contributed by atoms with Crippen molar-refractivity contribution in [3.8, 4) is 0 Å². The molecule has 3 rings (SSSR count). The zero-order valence-corrected chi connectivity index (χ0v) is 14.4. The smallest absolute Gasteiger partial charge is 0.269 e. The number of hydrogen-bond donors (Lipinski definition) is 1. The molecule has 1 saturated heterocycles. The molecule has 8 nitrogen and oxygen atoms in total. The first-order valence-electron chi connectivity index (χ1n) is 8.00. The molecule has 3 heterocycles. The second-order valence-electron chi connectivity index (χ2n) is 6.41. The maximum absolute atomic E-state index is 12.0. The highest BCUT2D eigenvalue weighted by Gasteiger charge is 2.30. The van der Waals surface area contributed by atoms with Crippen LogP contribution in [-0.2, 0) is 11.3 Å². The van der Waals surface area contributed by atoms with Gasteiger partial charge in [-0.3, -0.25) is 9.69 Å². The minimum atomic E-state index is -0.229. The van der Waals surface area contributed by atoms with Crippen molar-refractivity contribution in [1.29, 1.82) is 0 Å². The van der Waals surface area contributed by atoms with Crippen LogP contribution in [0.1, 0.15) is 40.9 Å². The lowest BCUT2D eigenvalue weighted by atomic mass is 10.2. The summed E-state index contributed by atoms with van der Waals surface area (Å²) in [6.07, 6.45) is -0.165. The molecule has 0 aromatic carbocycles. The Kier molecular flexibility index (Phi) is 4.68. The summed E-state index contributed by atoms with van der Waals surface area (Å²) in [5.41, 5.74) is 1.59. The predicted molar refractivity (Wildman–Crippen MR) is 86.4 cm³/mol. The van der Waals surface area contributed by atoms with E-state index in [1.165, 1.54) is 0 Å². The monoisotopic (exact) mass is 333 g/mol. The van der Waals surface area contributed by atoms with Crippen LogP contribution in [0.3, 0.4) is 0 Å². The van der Waals surface area contributed by atoms with Crippen LogP contribution < -0.4 is 0 Å². The van der Waals surface area contributed by atoms with Gasteiger partial charge in [0, 0.05) is 39.4 Å². The second-order valence-corrected chi connectivity index (χ2v) is 6.41. The van der Waals surface area contributed by atoms with Crippen LogP contribution in [0, 0.1) is 6.92 Å². The van der Waals surface area contributed by atoms with Crippen LogP contribution in [0.15, 0.2) is 16.7 Å². The van der Waals surface area contributed by atoms with Gasteiger partial charge >= 0.3 is 0 Å². The largest absolute Gasteiger partial charge is 0.363 e. The summed E-state index contributed by atoms with van der Waals surface area (Å²) < 4.78 is 11.2. The van der Waals surface area contributed by atoms with Gasteiger partial charge in [-0.2, -0.15) is 4.98 Å². The van der Waals surface area contributed by atoms with Gasteiger partial charge in [0.2, 0.25) is 0 Å². The van der Waals surface area contributed by atoms with Crippen molar-refractivity contribution in [3.05, 3.63) is 35.2 Å². The van der Waals surface area contributed by atoms with Gasteiger partial charge in [0.15, 0.2) is 5.82 Å². The van der Waals surface area contributed by atoms with Crippen LogP contribution in [0.2, 0.25) is 0 Å². The molecule has 24 heavy (non-hydrogen) atoms. The van der Waals surface area contributed by atoms with E-state index in [2.05, 4.69) is 20.0 Å². The van der Waals surface area contributed by atoms with Gasteiger partial charge in [0.05, 0.1) is 6.10 Å². The molecule has 1 aliphatic rings. The third-order valence-electron chi connectivity index (χ3n) is 3.93. The molecular formula is C16H23N5O3. The van der Waals surface area contributed by atoms with Crippen LogP contribution in [-0.4, -0.2) is 64.1 Å². The number of carbonyl (C=O) groups is 1. The lowest BCUT2D eigenvalue weighted by Crippen LogP contribution is -2.42. The minimum absolute atomic E-state index is 0.0317. The van der Waals surface area contributed by atoms with Crippen LogP contribution in [0.25, 0.3) is 0 Å². The molecule has 1 amide bonds. The number of aromatic nitrogens is 3. The minimum Gasteiger partial charge on any atom is -0.363 e. The molecular weight excluding hydrogens is 310 g/mol. The van der Waals surface area contributed by atoms with Gasteiger partial charge in [0.25, 0.3) is 11.8 Å². The molecule has 2 atom stereocenters. The molecule has 1 aliphatic heterocycles. The summed E-state index contributed by atoms with van der Waals surface area (Å²) in [6, 6.07) is 3.77. The number of carbonyl (C=O) groups excluding carboxylic acids is 1. The molecule has 1 fully saturated rings. The van der Waals surface area contributed by atoms with E-state index in [0.717, 1.165) is 12.2 Å². The first kappa shape index (κ1) is 16.7. The number of H-pyrrole nitrogens is 1. The van der Waals surface area contributed by atoms with E-state index in [-0.39, 0.29) is 18.1 Å². The van der Waals surface area contributed by atoms with Gasteiger partial charge < -0.3 is 19.1 Å². The summed E-state index contributed by atoms with van der Waals surface area (Å²) in [7, 11) is 3.48. The van der Waals surface area contributed by atoms with Gasteiger partial charge in [0.1, 0.15) is 11.8 Å². The molecule has 0 bridgehead atoms. The topological polar surface area (TPSA) is 87.5 Å². The molecule has 0 spiro atoms.